The molecule has 0 saturated carbocycles. The Morgan fingerprint density at radius 3 is 2.80 bits per heavy atom. The summed E-state index contributed by atoms with van der Waals surface area (Å²) < 4.78 is 16.3. The molecule has 0 N–H and O–H groups in total. The number of hydrogen-bond acceptors (Lipinski definition) is 4. The molecular formula is C19H20ClNO4. The van der Waals surface area contributed by atoms with E-state index < -0.39 is 0 Å². The fourth-order valence-electron chi connectivity index (χ4n) is 2.90. The summed E-state index contributed by atoms with van der Waals surface area (Å²) in [4.78, 5) is 13.9. The summed E-state index contributed by atoms with van der Waals surface area (Å²) in [7, 11) is 3.12. The number of benzene rings is 2. The topological polar surface area (TPSA) is 48.0 Å². The lowest BCUT2D eigenvalue weighted by molar-refractivity contribution is -0.135. The van der Waals surface area contributed by atoms with Gasteiger partial charge in [0.15, 0.2) is 11.5 Å². The maximum absolute atomic E-state index is 12.2. The van der Waals surface area contributed by atoms with Crippen LogP contribution in [0.5, 0.6) is 11.5 Å². The van der Waals surface area contributed by atoms with Crippen LogP contribution in [0.25, 0.3) is 11.1 Å². The summed E-state index contributed by atoms with van der Waals surface area (Å²) in [5.74, 6) is 1.26. The van der Waals surface area contributed by atoms with Gasteiger partial charge < -0.3 is 19.1 Å². The molecule has 1 heterocycles. The van der Waals surface area contributed by atoms with Gasteiger partial charge in [-0.05, 0) is 35.4 Å². The Balaban J connectivity index is 2.01. The highest BCUT2D eigenvalue weighted by molar-refractivity contribution is 6.30. The van der Waals surface area contributed by atoms with Crippen molar-refractivity contribution in [2.24, 2.45) is 0 Å². The number of amides is 1. The van der Waals surface area contributed by atoms with Crippen molar-refractivity contribution in [1.29, 1.82) is 0 Å². The Labute approximate surface area is 152 Å². The van der Waals surface area contributed by atoms with Crippen molar-refractivity contribution < 1.29 is 19.0 Å². The Kier molecular flexibility index (Phi) is 5.46. The molecular weight excluding hydrogens is 342 g/mol. The molecule has 6 heteroatoms. The van der Waals surface area contributed by atoms with E-state index in [2.05, 4.69) is 0 Å². The number of carbonyl (C=O) groups is 1. The van der Waals surface area contributed by atoms with E-state index in [1.807, 2.05) is 36.4 Å². The van der Waals surface area contributed by atoms with Gasteiger partial charge in [0, 0.05) is 24.2 Å². The van der Waals surface area contributed by atoms with Crippen LogP contribution < -0.4 is 9.47 Å². The van der Waals surface area contributed by atoms with Crippen LogP contribution in [0, 0.1) is 0 Å². The first-order chi connectivity index (χ1) is 12.1. The molecule has 0 fully saturated rings. The van der Waals surface area contributed by atoms with Crippen LogP contribution in [0.3, 0.4) is 0 Å². The molecule has 2 aromatic rings. The molecule has 0 aromatic heterocycles. The molecule has 0 unspecified atom stereocenters. The highest BCUT2D eigenvalue weighted by Gasteiger charge is 2.23. The number of methoxy groups -OCH3 is 2. The van der Waals surface area contributed by atoms with Gasteiger partial charge in [0.25, 0.3) is 0 Å². The van der Waals surface area contributed by atoms with Crippen LogP contribution in [-0.2, 0) is 16.1 Å². The molecule has 5 nitrogen and oxygen atoms in total. The summed E-state index contributed by atoms with van der Waals surface area (Å²) >= 11 is 6.11. The summed E-state index contributed by atoms with van der Waals surface area (Å²) in [6.07, 6.45) is 0. The third kappa shape index (κ3) is 3.89. The lowest BCUT2D eigenvalue weighted by Gasteiger charge is -2.19. The second-order valence-electron chi connectivity index (χ2n) is 5.77. The maximum Gasteiger partial charge on any atom is 0.248 e. The number of ether oxygens (including phenoxy) is 3. The lowest BCUT2D eigenvalue weighted by atomic mass is 10.0. The SMILES string of the molecule is COCC(=O)N1CCOc2c(cc(-c3cccc(Cl)c3)cc2OC)C1. The van der Waals surface area contributed by atoms with Gasteiger partial charge in [-0.3, -0.25) is 4.79 Å². The average Bonchev–Trinajstić information content (AvgIpc) is 2.83. The first-order valence-corrected chi connectivity index (χ1v) is 8.36. The number of rotatable bonds is 4. The zero-order chi connectivity index (χ0) is 17.8. The molecule has 0 spiro atoms. The predicted molar refractivity (Wildman–Crippen MR) is 96.2 cm³/mol. The van der Waals surface area contributed by atoms with Crippen LogP contribution >= 0.6 is 11.6 Å². The van der Waals surface area contributed by atoms with Crippen molar-refractivity contribution >= 4 is 17.5 Å². The Morgan fingerprint density at radius 2 is 2.08 bits per heavy atom. The first kappa shape index (κ1) is 17.6. The molecule has 1 aliphatic rings. The van der Waals surface area contributed by atoms with Crippen LogP contribution in [0.4, 0.5) is 0 Å². The van der Waals surface area contributed by atoms with E-state index in [1.165, 1.54) is 7.11 Å². The first-order valence-electron chi connectivity index (χ1n) is 7.98. The molecule has 1 amide bonds. The predicted octanol–water partition coefficient (Wildman–Crippen LogP) is 3.38. The molecule has 0 radical (unpaired) electrons. The van der Waals surface area contributed by atoms with Crippen molar-refractivity contribution in [1.82, 2.24) is 4.90 Å². The Hall–Kier alpha value is -2.24. The maximum atomic E-state index is 12.2. The molecule has 1 aliphatic heterocycles. The zero-order valence-corrected chi connectivity index (χ0v) is 15.0. The number of hydrogen-bond donors (Lipinski definition) is 0. The van der Waals surface area contributed by atoms with Gasteiger partial charge in [-0.1, -0.05) is 23.7 Å². The molecule has 0 saturated heterocycles. The largest absolute Gasteiger partial charge is 0.493 e. The van der Waals surface area contributed by atoms with E-state index >= 15 is 0 Å². The van der Waals surface area contributed by atoms with E-state index in [0.717, 1.165) is 16.7 Å². The second-order valence-corrected chi connectivity index (χ2v) is 6.21. The molecule has 0 aliphatic carbocycles. The van der Waals surface area contributed by atoms with Gasteiger partial charge >= 0.3 is 0 Å². The minimum atomic E-state index is -0.0638. The molecule has 3 rings (SSSR count). The van der Waals surface area contributed by atoms with Crippen LogP contribution in [0.1, 0.15) is 5.56 Å². The number of halogens is 1. The number of carbonyl (C=O) groups excluding carboxylic acids is 1. The fraction of sp³-hybridized carbons (Fsp3) is 0.316. The van der Waals surface area contributed by atoms with Gasteiger partial charge in [0.05, 0.1) is 13.7 Å². The fourth-order valence-corrected chi connectivity index (χ4v) is 3.09. The van der Waals surface area contributed by atoms with E-state index in [9.17, 15) is 4.79 Å². The van der Waals surface area contributed by atoms with Crippen molar-refractivity contribution in [3.63, 3.8) is 0 Å². The second kappa shape index (κ2) is 7.76. The minimum Gasteiger partial charge on any atom is -0.493 e. The smallest absolute Gasteiger partial charge is 0.248 e. The highest BCUT2D eigenvalue weighted by Crippen LogP contribution is 2.38. The Morgan fingerprint density at radius 1 is 1.24 bits per heavy atom. The molecule has 0 bridgehead atoms. The van der Waals surface area contributed by atoms with Crippen LogP contribution in [0.15, 0.2) is 36.4 Å². The number of fused-ring (bicyclic) bond motifs is 1. The van der Waals surface area contributed by atoms with Crippen molar-refractivity contribution in [3.8, 4) is 22.6 Å². The molecule has 25 heavy (non-hydrogen) atoms. The standard InChI is InChI=1S/C19H20ClNO4/c1-23-12-18(22)21-6-7-25-19-15(11-21)8-14(10-17(19)24-2)13-4-3-5-16(20)9-13/h3-5,8-10H,6-7,11-12H2,1-2H3. The Bertz CT molecular complexity index is 778. The van der Waals surface area contributed by atoms with Gasteiger partial charge in [-0.2, -0.15) is 0 Å². The van der Waals surface area contributed by atoms with Crippen molar-refractivity contribution in [2.45, 2.75) is 6.54 Å². The monoisotopic (exact) mass is 361 g/mol. The van der Waals surface area contributed by atoms with Gasteiger partial charge in [0.1, 0.15) is 13.2 Å². The van der Waals surface area contributed by atoms with Crippen molar-refractivity contribution in [3.05, 3.63) is 47.0 Å². The minimum absolute atomic E-state index is 0.0560. The van der Waals surface area contributed by atoms with Gasteiger partial charge in [-0.25, -0.2) is 0 Å². The average molecular weight is 362 g/mol. The molecule has 132 valence electrons. The molecule has 2 aromatic carbocycles. The third-order valence-corrected chi connectivity index (χ3v) is 4.33. The van der Waals surface area contributed by atoms with Crippen LogP contribution in [0.2, 0.25) is 5.02 Å². The van der Waals surface area contributed by atoms with E-state index in [4.69, 9.17) is 25.8 Å². The normalized spacial score (nSPS) is 13.6. The molecule has 0 atom stereocenters. The summed E-state index contributed by atoms with van der Waals surface area (Å²) in [6, 6.07) is 11.6. The third-order valence-electron chi connectivity index (χ3n) is 4.10. The van der Waals surface area contributed by atoms with Crippen LogP contribution in [-0.4, -0.2) is 44.8 Å². The summed E-state index contributed by atoms with van der Waals surface area (Å²) in [5.41, 5.74) is 2.84. The highest BCUT2D eigenvalue weighted by atomic mass is 35.5. The van der Waals surface area contributed by atoms with Gasteiger partial charge in [-0.15, -0.1) is 0 Å². The van der Waals surface area contributed by atoms with E-state index in [1.54, 1.807) is 12.0 Å². The quantitative estimate of drug-likeness (QED) is 0.837. The van der Waals surface area contributed by atoms with Crippen molar-refractivity contribution in [2.75, 3.05) is 34.0 Å². The van der Waals surface area contributed by atoms with E-state index in [0.29, 0.717) is 36.2 Å². The van der Waals surface area contributed by atoms with E-state index in [-0.39, 0.29) is 12.5 Å². The summed E-state index contributed by atoms with van der Waals surface area (Å²) in [6.45, 7) is 1.42. The summed E-state index contributed by atoms with van der Waals surface area (Å²) in [5, 5.41) is 0.666. The lowest BCUT2D eigenvalue weighted by Crippen LogP contribution is -2.34. The van der Waals surface area contributed by atoms with Gasteiger partial charge in [0.2, 0.25) is 5.91 Å². The number of nitrogens with zero attached hydrogens (tertiary/aromatic N) is 1. The zero-order valence-electron chi connectivity index (χ0n) is 14.3.